The summed E-state index contributed by atoms with van der Waals surface area (Å²) in [5.41, 5.74) is 25.5. The van der Waals surface area contributed by atoms with Crippen molar-refractivity contribution in [1.82, 2.24) is 0 Å². The van der Waals surface area contributed by atoms with Crippen LogP contribution in [0.25, 0.3) is 44.2 Å². The molecular weight excluding hydrogens is 761 g/mol. The third-order valence-electron chi connectivity index (χ3n) is 17.6. The molecular formula is C60H64BNO. The molecule has 63 heavy (non-hydrogen) atoms. The molecule has 3 heterocycles. The van der Waals surface area contributed by atoms with Crippen LogP contribution in [0.1, 0.15) is 155 Å². The number of anilines is 3. The molecule has 318 valence electrons. The van der Waals surface area contributed by atoms with E-state index in [0.29, 0.717) is 0 Å². The first-order valence-electron chi connectivity index (χ1n) is 24.1. The van der Waals surface area contributed by atoms with Crippen LogP contribution in [-0.4, -0.2) is 6.71 Å². The van der Waals surface area contributed by atoms with Crippen LogP contribution in [0.5, 0.6) is 0 Å². The van der Waals surface area contributed by atoms with E-state index < -0.39 is 0 Å². The maximum Gasteiger partial charge on any atom is 0.248 e. The Hall–Kier alpha value is -5.02. The van der Waals surface area contributed by atoms with Gasteiger partial charge in [-0.1, -0.05) is 149 Å². The number of para-hydroxylation sites is 1. The molecule has 0 unspecified atom stereocenters. The maximum absolute atomic E-state index is 6.42. The number of furan rings is 1. The molecule has 2 nitrogen and oxygen atoms in total. The third kappa shape index (κ3) is 5.32. The lowest BCUT2D eigenvalue weighted by Gasteiger charge is -2.49. The molecule has 0 atom stereocenters. The molecule has 2 aliphatic heterocycles. The van der Waals surface area contributed by atoms with Gasteiger partial charge in [0.05, 0.1) is 5.69 Å². The normalized spacial score (nSPS) is 21.0. The van der Waals surface area contributed by atoms with Crippen molar-refractivity contribution in [3.05, 3.63) is 130 Å². The molecule has 0 radical (unpaired) electrons. The first-order chi connectivity index (χ1) is 29.7. The van der Waals surface area contributed by atoms with Gasteiger partial charge in [-0.3, -0.25) is 0 Å². The molecule has 0 saturated heterocycles. The zero-order valence-corrected chi connectivity index (χ0v) is 39.9. The Balaban J connectivity index is 1.26. The largest absolute Gasteiger partial charge is 0.456 e. The predicted octanol–water partition coefficient (Wildman–Crippen LogP) is 14.6. The van der Waals surface area contributed by atoms with Crippen molar-refractivity contribution >= 4 is 62.1 Å². The topological polar surface area (TPSA) is 16.4 Å². The minimum atomic E-state index is -0.00724. The average molecular weight is 826 g/mol. The van der Waals surface area contributed by atoms with Crippen LogP contribution in [0.15, 0.2) is 101 Å². The second-order valence-electron chi connectivity index (χ2n) is 24.4. The average Bonchev–Trinajstić information content (AvgIpc) is 3.78. The van der Waals surface area contributed by atoms with E-state index in [1.165, 1.54) is 114 Å². The zero-order valence-electron chi connectivity index (χ0n) is 39.9. The molecule has 5 aliphatic rings. The summed E-state index contributed by atoms with van der Waals surface area (Å²) in [6.07, 6.45) is 7.09. The van der Waals surface area contributed by atoms with Gasteiger partial charge in [0.2, 0.25) is 6.71 Å². The van der Waals surface area contributed by atoms with E-state index in [4.69, 9.17) is 4.42 Å². The number of benzene rings is 6. The summed E-state index contributed by atoms with van der Waals surface area (Å²) in [5, 5.41) is 2.35. The van der Waals surface area contributed by atoms with Crippen LogP contribution in [-0.2, 0) is 32.5 Å². The standard InChI is InChI=1S/C60H64BNO/c1-55(2)26-29-58(7,8)50-40(55)17-15-18-45(50)62-46-34-36(35-20-25-48-38(32-35)37-16-13-14-19-47(37)63-48)33-39-49-43(23-21-41-51(49)59(9,10)30-27-56(41,3)4)61(53(39)46)44-24-22-42-52(54(44)62)60(11,12)31-28-57(42,5)6/h13-25,32-34H,26-31H2,1-12H3. The fraction of sp³-hybridized carbons (Fsp3) is 0.400. The summed E-state index contributed by atoms with van der Waals surface area (Å²) in [6.45, 7) is 30.2. The Bertz CT molecular complexity index is 3150. The van der Waals surface area contributed by atoms with Gasteiger partial charge in [-0.25, -0.2) is 0 Å². The SMILES string of the molecule is CC1(C)CCC(C)(C)c2c(N3c4cc(-c5ccc6oc7ccccc7c6c5)cc5c4B(c4ccc6c(c4-5)C(C)(C)CCC6(C)C)c4ccc5c(c43)C(C)(C)CCC5(C)C)cccc21. The number of nitrogens with zero attached hydrogens (tertiary/aromatic N) is 1. The van der Waals surface area contributed by atoms with Crippen LogP contribution in [0.2, 0.25) is 0 Å². The molecule has 0 bridgehead atoms. The van der Waals surface area contributed by atoms with Gasteiger partial charge in [-0.05, 0) is 174 Å². The predicted molar refractivity (Wildman–Crippen MR) is 270 cm³/mol. The summed E-state index contributed by atoms with van der Waals surface area (Å²) in [5.74, 6) is 0. The molecule has 0 fully saturated rings. The highest BCUT2D eigenvalue weighted by molar-refractivity contribution is 7.01. The van der Waals surface area contributed by atoms with Crippen LogP contribution >= 0.6 is 0 Å². The van der Waals surface area contributed by atoms with Crippen molar-refractivity contribution in [1.29, 1.82) is 0 Å². The molecule has 0 amide bonds. The Morgan fingerprint density at radius 2 is 1.02 bits per heavy atom. The van der Waals surface area contributed by atoms with Gasteiger partial charge in [0, 0.05) is 22.1 Å². The van der Waals surface area contributed by atoms with Crippen LogP contribution in [0.3, 0.4) is 0 Å². The van der Waals surface area contributed by atoms with E-state index in [0.717, 1.165) is 24.0 Å². The second-order valence-corrected chi connectivity index (χ2v) is 24.4. The smallest absolute Gasteiger partial charge is 0.248 e. The molecule has 6 aromatic carbocycles. The van der Waals surface area contributed by atoms with E-state index in [1.54, 1.807) is 11.1 Å². The van der Waals surface area contributed by atoms with Crippen molar-refractivity contribution in [2.45, 2.75) is 154 Å². The minimum absolute atomic E-state index is 0.00724. The summed E-state index contributed by atoms with van der Waals surface area (Å²) in [7, 11) is 0. The lowest BCUT2D eigenvalue weighted by atomic mass is 9.36. The molecule has 12 rings (SSSR count). The van der Waals surface area contributed by atoms with Crippen LogP contribution in [0, 0.1) is 0 Å². The Kier molecular flexibility index (Phi) is 7.79. The number of hydrogen-bond acceptors (Lipinski definition) is 2. The molecule has 0 spiro atoms. The van der Waals surface area contributed by atoms with Crippen molar-refractivity contribution in [3.8, 4) is 22.3 Å². The van der Waals surface area contributed by atoms with Crippen molar-refractivity contribution in [2.75, 3.05) is 4.90 Å². The number of rotatable bonds is 2. The lowest BCUT2D eigenvalue weighted by molar-refractivity contribution is 0.331. The molecule has 0 saturated carbocycles. The second kappa shape index (κ2) is 12.4. The summed E-state index contributed by atoms with van der Waals surface area (Å²) >= 11 is 0. The maximum atomic E-state index is 6.42. The molecule has 1 aromatic heterocycles. The highest BCUT2D eigenvalue weighted by Gasteiger charge is 2.52. The van der Waals surface area contributed by atoms with Gasteiger partial charge in [0.1, 0.15) is 11.2 Å². The van der Waals surface area contributed by atoms with E-state index in [1.807, 2.05) is 0 Å². The number of fused-ring (bicyclic) bond motifs is 13. The van der Waals surface area contributed by atoms with E-state index in [-0.39, 0.29) is 39.2 Å². The van der Waals surface area contributed by atoms with Gasteiger partial charge in [0.25, 0.3) is 0 Å². The number of hydrogen-bond donors (Lipinski definition) is 0. The van der Waals surface area contributed by atoms with Crippen molar-refractivity contribution < 1.29 is 4.42 Å². The monoisotopic (exact) mass is 826 g/mol. The fourth-order valence-electron chi connectivity index (χ4n) is 13.7. The fourth-order valence-corrected chi connectivity index (χ4v) is 13.7. The van der Waals surface area contributed by atoms with Gasteiger partial charge < -0.3 is 9.32 Å². The highest BCUT2D eigenvalue weighted by Crippen LogP contribution is 2.58. The first-order valence-corrected chi connectivity index (χ1v) is 24.1. The first kappa shape index (κ1) is 39.6. The summed E-state index contributed by atoms with van der Waals surface area (Å²) in [6, 6.07) is 38.2. The van der Waals surface area contributed by atoms with Gasteiger partial charge in [0.15, 0.2) is 0 Å². The summed E-state index contributed by atoms with van der Waals surface area (Å²) in [4.78, 5) is 2.84. The quantitative estimate of drug-likeness (QED) is 0.161. The van der Waals surface area contributed by atoms with E-state index in [9.17, 15) is 0 Å². The minimum Gasteiger partial charge on any atom is -0.456 e. The third-order valence-corrected chi connectivity index (χ3v) is 17.6. The molecule has 7 aromatic rings. The van der Waals surface area contributed by atoms with Crippen molar-refractivity contribution in [3.63, 3.8) is 0 Å². The highest BCUT2D eigenvalue weighted by atomic mass is 16.3. The Morgan fingerprint density at radius 3 is 1.71 bits per heavy atom. The summed E-state index contributed by atoms with van der Waals surface area (Å²) < 4.78 is 6.42. The Labute approximate surface area is 376 Å². The molecule has 0 N–H and O–H groups in total. The lowest BCUT2D eigenvalue weighted by Crippen LogP contribution is -2.56. The van der Waals surface area contributed by atoms with Gasteiger partial charge in [-0.15, -0.1) is 0 Å². The van der Waals surface area contributed by atoms with E-state index in [2.05, 4.69) is 185 Å². The van der Waals surface area contributed by atoms with Crippen LogP contribution in [0.4, 0.5) is 17.1 Å². The van der Waals surface area contributed by atoms with E-state index >= 15 is 0 Å². The molecule has 3 aliphatic carbocycles. The van der Waals surface area contributed by atoms with Gasteiger partial charge >= 0.3 is 0 Å². The van der Waals surface area contributed by atoms with Crippen molar-refractivity contribution in [2.24, 2.45) is 0 Å². The zero-order chi connectivity index (χ0) is 44.0. The molecule has 3 heteroatoms. The van der Waals surface area contributed by atoms with Crippen LogP contribution < -0.4 is 21.3 Å². The van der Waals surface area contributed by atoms with Gasteiger partial charge in [-0.2, -0.15) is 0 Å². The Morgan fingerprint density at radius 1 is 0.444 bits per heavy atom.